The van der Waals surface area contributed by atoms with Crippen LogP contribution in [0.1, 0.15) is 13.8 Å². The molecule has 0 atom stereocenters. The lowest BCUT2D eigenvalue weighted by molar-refractivity contribution is 0.119. The van der Waals surface area contributed by atoms with Gasteiger partial charge in [0.05, 0.1) is 0 Å². The molecule has 12 heavy (non-hydrogen) atoms. The molecule has 4 radical (unpaired) electrons. The van der Waals surface area contributed by atoms with E-state index in [0.717, 1.165) is 6.04 Å². The van der Waals surface area contributed by atoms with E-state index in [4.69, 9.17) is 13.3 Å². The minimum Gasteiger partial charge on any atom is -0.377 e. The predicted octanol–water partition coefficient (Wildman–Crippen LogP) is 1.14. The van der Waals surface area contributed by atoms with Crippen molar-refractivity contribution in [1.82, 2.24) is 0 Å². The molecule has 0 aliphatic rings. The summed E-state index contributed by atoms with van der Waals surface area (Å²) in [4.78, 5) is 0. The molecular formula is C7H18O3Si2. The van der Waals surface area contributed by atoms with Crippen molar-refractivity contribution in [2.75, 3.05) is 21.3 Å². The van der Waals surface area contributed by atoms with Gasteiger partial charge in [-0.3, -0.25) is 0 Å². The zero-order valence-electron chi connectivity index (χ0n) is 8.51. The Balaban J connectivity index is 0. The molecule has 0 heterocycles. The van der Waals surface area contributed by atoms with Gasteiger partial charge in [-0.1, -0.05) is 13.8 Å². The molecular weight excluding hydrogens is 188 g/mol. The first-order chi connectivity index (χ1) is 5.10. The SMILES string of the molecule is CO[Si](CC(C)C)(OC)OC.[Si]. The first-order valence-electron chi connectivity index (χ1n) is 3.75. The first-order valence-corrected chi connectivity index (χ1v) is 5.69. The topological polar surface area (TPSA) is 27.7 Å². The predicted molar refractivity (Wildman–Crippen MR) is 52.2 cm³/mol. The Hall–Kier alpha value is 0.314. The highest BCUT2D eigenvalue weighted by atomic mass is 28.4. The van der Waals surface area contributed by atoms with Crippen LogP contribution in [0.4, 0.5) is 0 Å². The molecule has 72 valence electrons. The van der Waals surface area contributed by atoms with Crippen LogP contribution in [-0.4, -0.2) is 41.1 Å². The van der Waals surface area contributed by atoms with E-state index in [-0.39, 0.29) is 11.0 Å². The summed E-state index contributed by atoms with van der Waals surface area (Å²) < 4.78 is 15.7. The quantitative estimate of drug-likeness (QED) is 0.631. The molecule has 5 heteroatoms. The average Bonchev–Trinajstić information content (AvgIpc) is 2.00. The minimum atomic E-state index is -2.28. The molecule has 0 aliphatic carbocycles. The second kappa shape index (κ2) is 6.79. The summed E-state index contributed by atoms with van der Waals surface area (Å²) in [5, 5.41) is 0. The number of rotatable bonds is 5. The Bertz CT molecular complexity index is 96.6. The number of hydrogen-bond donors (Lipinski definition) is 0. The van der Waals surface area contributed by atoms with Gasteiger partial charge >= 0.3 is 8.80 Å². The maximum atomic E-state index is 5.24. The van der Waals surface area contributed by atoms with E-state index < -0.39 is 8.80 Å². The van der Waals surface area contributed by atoms with Crippen LogP contribution in [0.3, 0.4) is 0 Å². The van der Waals surface area contributed by atoms with Gasteiger partial charge in [0.2, 0.25) is 0 Å². The third-order valence-electron chi connectivity index (χ3n) is 1.59. The molecule has 0 bridgehead atoms. The molecule has 0 fully saturated rings. The van der Waals surface area contributed by atoms with Crippen LogP contribution in [-0.2, 0) is 13.3 Å². The second-order valence-electron chi connectivity index (χ2n) is 2.89. The lowest BCUT2D eigenvalue weighted by atomic mass is 10.3. The van der Waals surface area contributed by atoms with Crippen LogP contribution in [0.5, 0.6) is 0 Å². The van der Waals surface area contributed by atoms with Crippen molar-refractivity contribution in [3.63, 3.8) is 0 Å². The van der Waals surface area contributed by atoms with E-state index in [1.807, 2.05) is 0 Å². The fourth-order valence-electron chi connectivity index (χ4n) is 1.00. The smallest absolute Gasteiger partial charge is 0.377 e. The third kappa shape index (κ3) is 4.37. The second-order valence-corrected chi connectivity index (χ2v) is 5.89. The third-order valence-corrected chi connectivity index (χ3v) is 4.77. The maximum absolute atomic E-state index is 5.24. The van der Waals surface area contributed by atoms with Crippen molar-refractivity contribution in [3.8, 4) is 0 Å². The molecule has 0 aromatic heterocycles. The largest absolute Gasteiger partial charge is 0.500 e. The summed E-state index contributed by atoms with van der Waals surface area (Å²) in [5.41, 5.74) is 0. The van der Waals surface area contributed by atoms with Gasteiger partial charge in [0.1, 0.15) is 0 Å². The molecule has 3 nitrogen and oxygen atoms in total. The molecule has 0 rings (SSSR count). The van der Waals surface area contributed by atoms with Gasteiger partial charge in [0.15, 0.2) is 0 Å². The van der Waals surface area contributed by atoms with Crippen molar-refractivity contribution in [3.05, 3.63) is 0 Å². The maximum Gasteiger partial charge on any atom is 0.500 e. The van der Waals surface area contributed by atoms with Gasteiger partial charge in [-0.05, 0) is 5.92 Å². The normalized spacial score (nSPS) is 11.5. The average molecular weight is 206 g/mol. The highest BCUT2D eigenvalue weighted by Gasteiger charge is 2.38. The monoisotopic (exact) mass is 206 g/mol. The highest BCUT2D eigenvalue weighted by Crippen LogP contribution is 2.18. The van der Waals surface area contributed by atoms with Crippen molar-refractivity contribution < 1.29 is 13.3 Å². The van der Waals surface area contributed by atoms with Gasteiger partial charge in [-0.25, -0.2) is 0 Å². The molecule has 0 aromatic carbocycles. The van der Waals surface area contributed by atoms with Crippen LogP contribution in [0.25, 0.3) is 0 Å². The molecule has 0 aliphatic heterocycles. The Kier molecular flexibility index (Phi) is 8.38. The first kappa shape index (κ1) is 14.8. The van der Waals surface area contributed by atoms with E-state index in [9.17, 15) is 0 Å². The Morgan fingerprint density at radius 2 is 1.33 bits per heavy atom. The van der Waals surface area contributed by atoms with Crippen LogP contribution in [0, 0.1) is 5.92 Å². The van der Waals surface area contributed by atoms with Crippen LogP contribution >= 0.6 is 0 Å². The summed E-state index contributed by atoms with van der Waals surface area (Å²) in [6, 6.07) is 0.872. The Morgan fingerprint density at radius 1 is 1.00 bits per heavy atom. The zero-order chi connectivity index (χ0) is 8.91. The fourth-order valence-corrected chi connectivity index (χ4v) is 3.00. The van der Waals surface area contributed by atoms with Crippen molar-refractivity contribution >= 4 is 19.8 Å². The van der Waals surface area contributed by atoms with Gasteiger partial charge in [-0.15, -0.1) is 0 Å². The lowest BCUT2D eigenvalue weighted by Crippen LogP contribution is -2.43. The summed E-state index contributed by atoms with van der Waals surface area (Å²) in [7, 11) is 2.64. The Morgan fingerprint density at radius 3 is 1.42 bits per heavy atom. The molecule has 0 saturated heterocycles. The minimum absolute atomic E-state index is 0. The fraction of sp³-hybridized carbons (Fsp3) is 1.00. The molecule has 0 saturated carbocycles. The van der Waals surface area contributed by atoms with E-state index in [2.05, 4.69) is 13.8 Å². The van der Waals surface area contributed by atoms with E-state index >= 15 is 0 Å². The molecule has 0 unspecified atom stereocenters. The zero-order valence-corrected chi connectivity index (χ0v) is 10.5. The Labute approximate surface area is 80.8 Å². The van der Waals surface area contributed by atoms with Crippen molar-refractivity contribution in [2.45, 2.75) is 19.9 Å². The van der Waals surface area contributed by atoms with Crippen LogP contribution in [0.2, 0.25) is 6.04 Å². The summed E-state index contributed by atoms with van der Waals surface area (Å²) in [5.74, 6) is 0.543. The van der Waals surface area contributed by atoms with Crippen molar-refractivity contribution in [2.24, 2.45) is 5.92 Å². The molecule has 0 amide bonds. The van der Waals surface area contributed by atoms with Gasteiger partial charge in [-0.2, -0.15) is 0 Å². The van der Waals surface area contributed by atoms with Gasteiger partial charge < -0.3 is 13.3 Å². The lowest BCUT2D eigenvalue weighted by Gasteiger charge is -2.25. The number of hydrogen-bond acceptors (Lipinski definition) is 3. The van der Waals surface area contributed by atoms with E-state index in [1.165, 1.54) is 0 Å². The standard InChI is InChI=1S/C7H18O3Si.Si/c1-7(2)6-11(8-3,9-4)10-5;/h7H,6H2,1-5H3;. The van der Waals surface area contributed by atoms with Crippen LogP contribution in [0.15, 0.2) is 0 Å². The van der Waals surface area contributed by atoms with E-state index in [1.54, 1.807) is 21.3 Å². The van der Waals surface area contributed by atoms with Crippen LogP contribution < -0.4 is 0 Å². The van der Waals surface area contributed by atoms with E-state index in [0.29, 0.717) is 5.92 Å². The van der Waals surface area contributed by atoms with Gasteiger partial charge in [0, 0.05) is 38.3 Å². The summed E-state index contributed by atoms with van der Waals surface area (Å²) in [6.45, 7) is 4.25. The summed E-state index contributed by atoms with van der Waals surface area (Å²) in [6.07, 6.45) is 0. The molecule has 0 N–H and O–H groups in total. The summed E-state index contributed by atoms with van der Waals surface area (Å²) >= 11 is 0. The van der Waals surface area contributed by atoms with Crippen molar-refractivity contribution in [1.29, 1.82) is 0 Å². The highest BCUT2D eigenvalue weighted by molar-refractivity contribution is 6.60. The van der Waals surface area contributed by atoms with Gasteiger partial charge in [0.25, 0.3) is 0 Å². The molecule has 0 spiro atoms. The molecule has 0 aromatic rings.